The van der Waals surface area contributed by atoms with Crippen molar-refractivity contribution in [2.75, 3.05) is 0 Å². The molecule has 0 saturated carbocycles. The molecule has 0 N–H and O–H groups in total. The molecule has 1 heteroatoms. The Morgan fingerprint density at radius 2 is 1.41 bits per heavy atom. The lowest BCUT2D eigenvalue weighted by Crippen LogP contribution is -2.05. The topological polar surface area (TPSA) is 9.23 Å². The second-order valence-corrected chi connectivity index (χ2v) is 7.29. The van der Waals surface area contributed by atoms with E-state index in [1.165, 1.54) is 43.8 Å². The average Bonchev–Trinajstić information content (AvgIpc) is 2.72. The molecule has 0 radical (unpaired) electrons. The summed E-state index contributed by atoms with van der Waals surface area (Å²) in [5.41, 5.74) is 5.13. The van der Waals surface area contributed by atoms with E-state index in [0.717, 1.165) is 24.4 Å². The third-order valence-corrected chi connectivity index (χ3v) is 5.74. The Morgan fingerprint density at radius 1 is 0.667 bits per heavy atom. The molecule has 1 nitrogen and oxygen atoms in total. The molecule has 128 valence electrons. The summed E-state index contributed by atoms with van der Waals surface area (Å²) in [6.45, 7) is 0. The fourth-order valence-corrected chi connectivity index (χ4v) is 4.52. The highest BCUT2D eigenvalue weighted by Gasteiger charge is 2.19. The molecule has 0 spiro atoms. The maximum Gasteiger partial charge on any atom is 0.135 e. The van der Waals surface area contributed by atoms with E-state index < -0.39 is 0 Å². The Bertz CT molecular complexity index is 1290. The van der Waals surface area contributed by atoms with Crippen LogP contribution in [0.5, 0.6) is 5.75 Å². The Labute approximate surface area is 158 Å². The van der Waals surface area contributed by atoms with E-state index in [9.17, 15) is 0 Å². The molecule has 6 rings (SSSR count). The summed E-state index contributed by atoms with van der Waals surface area (Å²) in [6, 6.07) is 23.8. The largest absolute Gasteiger partial charge is 0.456 e. The molecule has 0 unspecified atom stereocenters. The predicted octanol–water partition coefficient (Wildman–Crippen LogP) is 6.54. The van der Waals surface area contributed by atoms with Crippen LogP contribution in [0, 0.1) is 0 Å². The van der Waals surface area contributed by atoms with E-state index >= 15 is 0 Å². The van der Waals surface area contributed by atoms with Crippen LogP contribution in [0.3, 0.4) is 0 Å². The summed E-state index contributed by atoms with van der Waals surface area (Å²) >= 11 is 0. The molecule has 4 aromatic carbocycles. The Kier molecular flexibility index (Phi) is 3.06. The van der Waals surface area contributed by atoms with Crippen LogP contribution in [0.2, 0.25) is 0 Å². The van der Waals surface area contributed by atoms with Crippen molar-refractivity contribution in [3.05, 3.63) is 101 Å². The lowest BCUT2D eigenvalue weighted by molar-refractivity contribution is 0.513. The zero-order valence-corrected chi connectivity index (χ0v) is 14.9. The van der Waals surface area contributed by atoms with Gasteiger partial charge >= 0.3 is 0 Å². The standard InChI is InChI=1S/C26H18O/c1-5-17-9-3-11-21-23(15-13-19(7-1)25(17)21)27-24-16-14-20-8-2-6-18-10-4-12-22(24)26(18)20/h1-9,11-12,14-16H,10,13H2. The monoisotopic (exact) mass is 346 g/mol. The van der Waals surface area contributed by atoms with Crippen LogP contribution in [0.15, 0.2) is 78.9 Å². The van der Waals surface area contributed by atoms with Gasteiger partial charge in [0.1, 0.15) is 11.5 Å². The van der Waals surface area contributed by atoms with Crippen molar-refractivity contribution in [3.63, 3.8) is 0 Å². The predicted molar refractivity (Wildman–Crippen MR) is 113 cm³/mol. The fraction of sp³-hybridized carbons (Fsp3) is 0.0769. The lowest BCUT2D eigenvalue weighted by atomic mass is 9.91. The lowest BCUT2D eigenvalue weighted by Gasteiger charge is -2.21. The molecule has 2 aliphatic carbocycles. The maximum atomic E-state index is 6.53. The second-order valence-electron chi connectivity index (χ2n) is 7.29. The zero-order chi connectivity index (χ0) is 17.8. The minimum absolute atomic E-state index is 0.910. The van der Waals surface area contributed by atoms with E-state index in [1.807, 2.05) is 0 Å². The van der Waals surface area contributed by atoms with Crippen molar-refractivity contribution in [3.8, 4) is 5.75 Å². The van der Waals surface area contributed by atoms with Crippen LogP contribution in [0.4, 0.5) is 0 Å². The number of ether oxygens (including phenoxy) is 1. The molecule has 0 heterocycles. The van der Waals surface area contributed by atoms with E-state index in [4.69, 9.17) is 4.74 Å². The first-order valence-corrected chi connectivity index (χ1v) is 9.49. The van der Waals surface area contributed by atoms with E-state index in [0.29, 0.717) is 0 Å². The second kappa shape index (κ2) is 5.59. The molecule has 0 fully saturated rings. The van der Waals surface area contributed by atoms with Crippen molar-refractivity contribution >= 4 is 33.4 Å². The molecule has 0 atom stereocenters. The van der Waals surface area contributed by atoms with Crippen LogP contribution in [0.25, 0.3) is 33.4 Å². The summed E-state index contributed by atoms with van der Waals surface area (Å²) in [4.78, 5) is 0. The van der Waals surface area contributed by atoms with Gasteiger partial charge in [-0.1, -0.05) is 72.8 Å². The third-order valence-electron chi connectivity index (χ3n) is 5.74. The van der Waals surface area contributed by atoms with E-state index in [2.05, 4.69) is 85.0 Å². The summed E-state index contributed by atoms with van der Waals surface area (Å²) < 4.78 is 6.53. The van der Waals surface area contributed by atoms with Crippen molar-refractivity contribution in [1.82, 2.24) is 0 Å². The highest BCUT2D eigenvalue weighted by Crippen LogP contribution is 2.39. The van der Waals surface area contributed by atoms with Gasteiger partial charge in [0.25, 0.3) is 0 Å². The van der Waals surface area contributed by atoms with Crippen LogP contribution in [0.1, 0.15) is 22.3 Å². The molecule has 0 aromatic heterocycles. The first-order chi connectivity index (χ1) is 13.4. The minimum Gasteiger partial charge on any atom is -0.456 e. The summed E-state index contributed by atoms with van der Waals surface area (Å²) in [7, 11) is 0. The van der Waals surface area contributed by atoms with E-state index in [1.54, 1.807) is 0 Å². The van der Waals surface area contributed by atoms with Gasteiger partial charge in [-0.15, -0.1) is 0 Å². The van der Waals surface area contributed by atoms with Crippen LogP contribution in [-0.4, -0.2) is 0 Å². The first-order valence-electron chi connectivity index (χ1n) is 9.49. The van der Waals surface area contributed by atoms with Gasteiger partial charge < -0.3 is 4.74 Å². The van der Waals surface area contributed by atoms with Gasteiger partial charge in [-0.3, -0.25) is 0 Å². The number of hydrogen-bond donors (Lipinski definition) is 0. The van der Waals surface area contributed by atoms with Gasteiger partial charge in [0.15, 0.2) is 0 Å². The van der Waals surface area contributed by atoms with Crippen molar-refractivity contribution in [2.45, 2.75) is 12.8 Å². The Balaban J connectivity index is 1.51. The molecule has 27 heavy (non-hydrogen) atoms. The molecule has 4 aromatic rings. The zero-order valence-electron chi connectivity index (χ0n) is 14.9. The van der Waals surface area contributed by atoms with Gasteiger partial charge in [-0.25, -0.2) is 0 Å². The normalized spacial score (nSPS) is 14.4. The molecule has 0 saturated heterocycles. The van der Waals surface area contributed by atoms with Gasteiger partial charge in [-0.2, -0.15) is 0 Å². The van der Waals surface area contributed by atoms with Crippen molar-refractivity contribution in [1.29, 1.82) is 0 Å². The maximum absolute atomic E-state index is 6.53. The van der Waals surface area contributed by atoms with Gasteiger partial charge in [0.05, 0.1) is 0 Å². The van der Waals surface area contributed by atoms with Crippen LogP contribution < -0.4 is 4.74 Å². The number of rotatable bonds is 2. The van der Waals surface area contributed by atoms with E-state index in [-0.39, 0.29) is 0 Å². The highest BCUT2D eigenvalue weighted by atomic mass is 16.5. The Morgan fingerprint density at radius 3 is 2.26 bits per heavy atom. The van der Waals surface area contributed by atoms with Crippen molar-refractivity contribution in [2.24, 2.45) is 0 Å². The Hall–Kier alpha value is -3.32. The molecule has 2 aliphatic rings. The highest BCUT2D eigenvalue weighted by molar-refractivity contribution is 5.99. The summed E-state index contributed by atoms with van der Waals surface area (Å²) in [5.74, 6) is 1.90. The minimum atomic E-state index is 0.910. The quantitative estimate of drug-likeness (QED) is 0.400. The molecule has 0 aliphatic heterocycles. The number of allylic oxidation sites excluding steroid dienone is 2. The number of hydrogen-bond acceptors (Lipinski definition) is 1. The first kappa shape index (κ1) is 14.8. The smallest absolute Gasteiger partial charge is 0.135 e. The average molecular weight is 346 g/mol. The molecular formula is C26H18O. The van der Waals surface area contributed by atoms with Gasteiger partial charge in [0.2, 0.25) is 0 Å². The molecular weight excluding hydrogens is 328 g/mol. The fourth-order valence-electron chi connectivity index (χ4n) is 4.52. The third kappa shape index (κ3) is 2.18. The molecule has 0 amide bonds. The van der Waals surface area contributed by atoms with Crippen LogP contribution >= 0.6 is 0 Å². The van der Waals surface area contributed by atoms with Crippen LogP contribution in [-0.2, 0) is 12.8 Å². The summed E-state index contributed by atoms with van der Waals surface area (Å²) in [6.07, 6.45) is 8.56. The van der Waals surface area contributed by atoms with Gasteiger partial charge in [-0.05, 0) is 57.7 Å². The summed E-state index contributed by atoms with van der Waals surface area (Å²) in [5, 5.41) is 5.21. The SMILES string of the molecule is C1=Cc2c(OC3=CCc4cccc5cccc3c45)ccc3cccc(c23)C1. The number of benzene rings is 4. The van der Waals surface area contributed by atoms with Gasteiger partial charge in [0, 0.05) is 11.1 Å². The van der Waals surface area contributed by atoms with Crippen molar-refractivity contribution < 1.29 is 4.74 Å². The molecule has 0 bridgehead atoms.